The van der Waals surface area contributed by atoms with Crippen molar-refractivity contribution in [2.24, 2.45) is 5.73 Å². The van der Waals surface area contributed by atoms with Crippen LogP contribution >= 0.6 is 11.6 Å². The molecule has 1 unspecified atom stereocenters. The molecule has 0 saturated heterocycles. The molecule has 112 valence electrons. The van der Waals surface area contributed by atoms with Crippen LogP contribution in [0, 0.1) is 13.8 Å². The number of rotatable bonds is 4. The maximum Gasteiger partial charge on any atom is 0.0645 e. The van der Waals surface area contributed by atoms with E-state index in [4.69, 9.17) is 17.3 Å². The first-order valence-corrected chi connectivity index (χ1v) is 7.60. The van der Waals surface area contributed by atoms with E-state index in [1.54, 1.807) is 0 Å². The van der Waals surface area contributed by atoms with Crippen molar-refractivity contribution >= 4 is 23.0 Å². The number of hydrogen-bond donors (Lipinski definition) is 1. The molecular formula is C18H23ClN2. The molecule has 0 saturated carbocycles. The van der Waals surface area contributed by atoms with E-state index in [2.05, 4.69) is 49.1 Å². The summed E-state index contributed by atoms with van der Waals surface area (Å²) in [7, 11) is 2.04. The molecule has 0 heterocycles. The van der Waals surface area contributed by atoms with Gasteiger partial charge in [-0.3, -0.25) is 0 Å². The SMILES string of the molecule is Cc1cc(C)cc(N(C)c2ccc(CC(C)N)cc2Cl)c1. The highest BCUT2D eigenvalue weighted by molar-refractivity contribution is 6.33. The Kier molecular flexibility index (Phi) is 4.92. The molecule has 0 bridgehead atoms. The summed E-state index contributed by atoms with van der Waals surface area (Å²) in [6.07, 6.45) is 0.841. The van der Waals surface area contributed by atoms with E-state index in [0.717, 1.165) is 22.8 Å². The second-order valence-electron chi connectivity index (χ2n) is 5.87. The highest BCUT2D eigenvalue weighted by atomic mass is 35.5. The predicted octanol–water partition coefficient (Wildman–Crippen LogP) is 4.61. The summed E-state index contributed by atoms with van der Waals surface area (Å²) in [6.45, 7) is 6.22. The summed E-state index contributed by atoms with van der Waals surface area (Å²) in [6, 6.07) is 12.8. The van der Waals surface area contributed by atoms with Crippen molar-refractivity contribution in [3.63, 3.8) is 0 Å². The molecule has 3 heteroatoms. The van der Waals surface area contributed by atoms with Gasteiger partial charge in [0, 0.05) is 18.8 Å². The number of benzene rings is 2. The van der Waals surface area contributed by atoms with Gasteiger partial charge >= 0.3 is 0 Å². The Balaban J connectivity index is 2.32. The molecule has 1 atom stereocenters. The van der Waals surface area contributed by atoms with Crippen LogP contribution in [0.15, 0.2) is 36.4 Å². The van der Waals surface area contributed by atoms with Crippen LogP contribution in [0.1, 0.15) is 23.6 Å². The molecule has 2 nitrogen and oxygen atoms in total. The molecule has 2 aromatic carbocycles. The number of nitrogens with zero attached hydrogens (tertiary/aromatic N) is 1. The smallest absolute Gasteiger partial charge is 0.0645 e. The number of hydrogen-bond acceptors (Lipinski definition) is 2. The minimum atomic E-state index is 0.143. The van der Waals surface area contributed by atoms with Crippen LogP contribution in [0.3, 0.4) is 0 Å². The molecule has 21 heavy (non-hydrogen) atoms. The molecule has 0 amide bonds. The first kappa shape index (κ1) is 15.9. The van der Waals surface area contributed by atoms with Crippen molar-refractivity contribution in [2.45, 2.75) is 33.2 Å². The zero-order chi connectivity index (χ0) is 15.6. The largest absolute Gasteiger partial charge is 0.343 e. The van der Waals surface area contributed by atoms with Crippen LogP contribution in [0.25, 0.3) is 0 Å². The monoisotopic (exact) mass is 302 g/mol. The Morgan fingerprint density at radius 2 is 1.71 bits per heavy atom. The third-order valence-corrected chi connectivity index (χ3v) is 3.83. The number of nitrogens with two attached hydrogens (primary N) is 1. The lowest BCUT2D eigenvalue weighted by molar-refractivity contribution is 0.738. The van der Waals surface area contributed by atoms with Crippen molar-refractivity contribution in [2.75, 3.05) is 11.9 Å². The van der Waals surface area contributed by atoms with Gasteiger partial charge in [0.25, 0.3) is 0 Å². The number of anilines is 2. The highest BCUT2D eigenvalue weighted by Crippen LogP contribution is 2.32. The fourth-order valence-corrected chi connectivity index (χ4v) is 2.93. The topological polar surface area (TPSA) is 29.3 Å². The van der Waals surface area contributed by atoms with E-state index in [1.165, 1.54) is 16.7 Å². The molecule has 0 fully saturated rings. The normalized spacial score (nSPS) is 12.3. The van der Waals surface area contributed by atoms with Gasteiger partial charge in [-0.2, -0.15) is 0 Å². The van der Waals surface area contributed by atoms with Crippen molar-refractivity contribution in [3.8, 4) is 0 Å². The average Bonchev–Trinajstić information content (AvgIpc) is 2.36. The second-order valence-corrected chi connectivity index (χ2v) is 6.28. The molecule has 2 N–H and O–H groups in total. The van der Waals surface area contributed by atoms with Crippen molar-refractivity contribution in [3.05, 3.63) is 58.1 Å². The summed E-state index contributed by atoms with van der Waals surface area (Å²) < 4.78 is 0. The molecule has 2 aromatic rings. The van der Waals surface area contributed by atoms with Gasteiger partial charge < -0.3 is 10.6 Å². The number of halogens is 1. The third kappa shape index (κ3) is 3.99. The average molecular weight is 303 g/mol. The van der Waals surface area contributed by atoms with Crippen LogP contribution in [-0.2, 0) is 6.42 Å². The van der Waals surface area contributed by atoms with E-state index >= 15 is 0 Å². The van der Waals surface area contributed by atoms with Gasteiger partial charge in [0.05, 0.1) is 10.7 Å². The van der Waals surface area contributed by atoms with E-state index < -0.39 is 0 Å². The van der Waals surface area contributed by atoms with E-state index in [0.29, 0.717) is 0 Å². The Labute approximate surface area is 132 Å². The zero-order valence-corrected chi connectivity index (χ0v) is 13.9. The summed E-state index contributed by atoms with van der Waals surface area (Å²) in [5.41, 5.74) is 11.7. The standard InChI is InChI=1S/C18H23ClN2/c1-12-7-13(2)9-16(8-12)21(4)18-6-5-15(10-14(3)20)11-17(18)19/h5-9,11,14H,10,20H2,1-4H3. The van der Waals surface area contributed by atoms with E-state index in [-0.39, 0.29) is 6.04 Å². The Bertz CT molecular complexity index is 615. The van der Waals surface area contributed by atoms with Crippen LogP contribution < -0.4 is 10.6 Å². The van der Waals surface area contributed by atoms with Gasteiger partial charge in [0.2, 0.25) is 0 Å². The summed E-state index contributed by atoms with van der Waals surface area (Å²) in [5, 5.41) is 0.759. The minimum Gasteiger partial charge on any atom is -0.343 e. The van der Waals surface area contributed by atoms with Crippen LogP contribution in [0.4, 0.5) is 11.4 Å². The van der Waals surface area contributed by atoms with Crippen LogP contribution in [0.5, 0.6) is 0 Å². The fraction of sp³-hybridized carbons (Fsp3) is 0.333. The molecule has 2 rings (SSSR count). The van der Waals surface area contributed by atoms with Crippen molar-refractivity contribution in [1.82, 2.24) is 0 Å². The maximum atomic E-state index is 6.45. The maximum absolute atomic E-state index is 6.45. The van der Waals surface area contributed by atoms with E-state index in [1.807, 2.05) is 20.0 Å². The first-order valence-electron chi connectivity index (χ1n) is 7.23. The fourth-order valence-electron chi connectivity index (χ4n) is 2.60. The minimum absolute atomic E-state index is 0.143. The molecule has 0 aliphatic carbocycles. The lowest BCUT2D eigenvalue weighted by atomic mass is 10.1. The zero-order valence-electron chi connectivity index (χ0n) is 13.2. The lowest BCUT2D eigenvalue weighted by Gasteiger charge is -2.22. The number of aryl methyl sites for hydroxylation is 2. The first-order chi connectivity index (χ1) is 9.86. The van der Waals surface area contributed by atoms with Gasteiger partial charge in [0.15, 0.2) is 0 Å². The molecular weight excluding hydrogens is 280 g/mol. The molecule has 0 aliphatic rings. The molecule has 0 spiro atoms. The van der Waals surface area contributed by atoms with Crippen molar-refractivity contribution < 1.29 is 0 Å². The Morgan fingerprint density at radius 3 is 2.24 bits per heavy atom. The van der Waals surface area contributed by atoms with Gasteiger partial charge in [-0.05, 0) is 68.1 Å². The second kappa shape index (κ2) is 6.50. The predicted molar refractivity (Wildman–Crippen MR) is 92.8 cm³/mol. The lowest BCUT2D eigenvalue weighted by Crippen LogP contribution is -2.18. The Hall–Kier alpha value is -1.51. The third-order valence-electron chi connectivity index (χ3n) is 3.52. The molecule has 0 aromatic heterocycles. The van der Waals surface area contributed by atoms with Gasteiger partial charge in [-0.25, -0.2) is 0 Å². The molecule has 0 radical (unpaired) electrons. The van der Waals surface area contributed by atoms with Gasteiger partial charge in [-0.1, -0.05) is 23.7 Å². The quantitative estimate of drug-likeness (QED) is 0.893. The van der Waals surface area contributed by atoms with Gasteiger partial charge in [0.1, 0.15) is 0 Å². The molecule has 0 aliphatic heterocycles. The van der Waals surface area contributed by atoms with Crippen molar-refractivity contribution in [1.29, 1.82) is 0 Å². The Morgan fingerprint density at radius 1 is 1.10 bits per heavy atom. The van der Waals surface area contributed by atoms with E-state index in [9.17, 15) is 0 Å². The summed E-state index contributed by atoms with van der Waals surface area (Å²) >= 11 is 6.45. The van der Waals surface area contributed by atoms with Gasteiger partial charge in [-0.15, -0.1) is 0 Å². The van der Waals surface area contributed by atoms with Crippen LogP contribution in [0.2, 0.25) is 5.02 Å². The summed E-state index contributed by atoms with van der Waals surface area (Å²) in [5.74, 6) is 0. The van der Waals surface area contributed by atoms with Crippen LogP contribution in [-0.4, -0.2) is 13.1 Å². The highest BCUT2D eigenvalue weighted by Gasteiger charge is 2.10. The summed E-state index contributed by atoms with van der Waals surface area (Å²) in [4.78, 5) is 2.12.